The van der Waals surface area contributed by atoms with Gasteiger partial charge in [-0.3, -0.25) is 19.5 Å². The monoisotopic (exact) mass is 338 g/mol. The Labute approximate surface area is 137 Å². The molecule has 22 heavy (non-hydrogen) atoms. The third-order valence-electron chi connectivity index (χ3n) is 3.16. The van der Waals surface area contributed by atoms with E-state index in [4.69, 9.17) is 9.68 Å². The summed E-state index contributed by atoms with van der Waals surface area (Å²) < 4.78 is 0. The van der Waals surface area contributed by atoms with Gasteiger partial charge in [0.1, 0.15) is 0 Å². The van der Waals surface area contributed by atoms with Gasteiger partial charge in [-0.2, -0.15) is 0 Å². The molecule has 2 heterocycles. The lowest BCUT2D eigenvalue weighted by molar-refractivity contribution is -0.0753. The molecule has 0 aromatic carbocycles. The molecule has 0 aliphatic carbocycles. The Hall–Kier alpha value is -1.67. The maximum atomic E-state index is 12.0. The Morgan fingerprint density at radius 1 is 0.955 bits per heavy atom. The average Bonchev–Trinajstić information content (AvgIpc) is 3.20. The predicted molar refractivity (Wildman–Crippen MR) is 90.5 cm³/mol. The minimum Gasteiger partial charge on any atom is -0.277 e. The smallest absolute Gasteiger partial charge is 0.277 e. The van der Waals surface area contributed by atoms with E-state index >= 15 is 0 Å². The zero-order valence-electron chi connectivity index (χ0n) is 13.0. The van der Waals surface area contributed by atoms with Gasteiger partial charge < -0.3 is 0 Å². The van der Waals surface area contributed by atoms with Crippen molar-refractivity contribution in [3.63, 3.8) is 0 Å². The van der Waals surface area contributed by atoms with Crippen LogP contribution in [0.2, 0.25) is 0 Å². The average molecular weight is 338 g/mol. The second-order valence-corrected chi connectivity index (χ2v) is 6.61. The molecule has 2 rings (SSSR count). The molecule has 2 aromatic heterocycles. The molecular formula is C15H18N2O3S2. The molecular weight excluding hydrogens is 320 g/mol. The standard InChI is InChI=1S/C15H18N2O3S2/c1-10(16(2)19-4)11-6-7-12(21-11)13-8-9-14(22-13)15(18)17(3)20-5/h6-9H,1H2,2-5H3. The summed E-state index contributed by atoms with van der Waals surface area (Å²) in [6, 6.07) is 7.78. The molecule has 0 aliphatic heterocycles. The fourth-order valence-corrected chi connectivity index (χ4v) is 3.78. The maximum Gasteiger partial charge on any atom is 0.287 e. The van der Waals surface area contributed by atoms with E-state index < -0.39 is 0 Å². The van der Waals surface area contributed by atoms with Gasteiger partial charge in [0.2, 0.25) is 0 Å². The number of hydroxylamine groups is 4. The Morgan fingerprint density at radius 2 is 1.45 bits per heavy atom. The predicted octanol–water partition coefficient (Wildman–Crippen LogP) is 3.57. The highest BCUT2D eigenvalue weighted by molar-refractivity contribution is 7.23. The first kappa shape index (κ1) is 16.7. The summed E-state index contributed by atoms with van der Waals surface area (Å²) in [4.78, 5) is 25.9. The summed E-state index contributed by atoms with van der Waals surface area (Å²) in [5.41, 5.74) is 0.797. The molecule has 7 heteroatoms. The van der Waals surface area contributed by atoms with Crippen LogP contribution in [0.5, 0.6) is 0 Å². The van der Waals surface area contributed by atoms with E-state index in [-0.39, 0.29) is 5.91 Å². The van der Waals surface area contributed by atoms with E-state index in [2.05, 4.69) is 6.58 Å². The van der Waals surface area contributed by atoms with Gasteiger partial charge in [-0.15, -0.1) is 22.7 Å². The van der Waals surface area contributed by atoms with Crippen LogP contribution in [0.1, 0.15) is 14.5 Å². The van der Waals surface area contributed by atoms with Crippen LogP contribution in [0.4, 0.5) is 0 Å². The van der Waals surface area contributed by atoms with Gasteiger partial charge in [0.15, 0.2) is 0 Å². The van der Waals surface area contributed by atoms with Crippen molar-refractivity contribution in [2.24, 2.45) is 0 Å². The summed E-state index contributed by atoms with van der Waals surface area (Å²) >= 11 is 3.05. The molecule has 0 atom stereocenters. The van der Waals surface area contributed by atoms with Gasteiger partial charge >= 0.3 is 0 Å². The molecule has 118 valence electrons. The third kappa shape index (κ3) is 3.38. The summed E-state index contributed by atoms with van der Waals surface area (Å²) in [6.07, 6.45) is 0. The highest BCUT2D eigenvalue weighted by Crippen LogP contribution is 2.36. The molecule has 0 N–H and O–H groups in total. The molecule has 0 saturated heterocycles. The van der Waals surface area contributed by atoms with Crippen LogP contribution < -0.4 is 0 Å². The van der Waals surface area contributed by atoms with E-state index in [1.165, 1.54) is 23.5 Å². The molecule has 1 amide bonds. The number of hydrogen-bond acceptors (Lipinski definition) is 6. The van der Waals surface area contributed by atoms with E-state index in [1.54, 1.807) is 30.6 Å². The third-order valence-corrected chi connectivity index (χ3v) is 5.57. The van der Waals surface area contributed by atoms with E-state index in [0.29, 0.717) is 4.88 Å². The second kappa shape index (κ2) is 7.06. The zero-order chi connectivity index (χ0) is 16.3. The quantitative estimate of drug-likeness (QED) is 0.755. The molecule has 0 saturated carbocycles. The number of nitrogens with zero attached hydrogens (tertiary/aromatic N) is 2. The second-order valence-electron chi connectivity index (χ2n) is 4.44. The fraction of sp³-hybridized carbons (Fsp3) is 0.267. The van der Waals surface area contributed by atoms with Gasteiger partial charge in [0, 0.05) is 23.8 Å². The van der Waals surface area contributed by atoms with Crippen LogP contribution in [0.25, 0.3) is 15.5 Å². The van der Waals surface area contributed by atoms with Crippen LogP contribution in [0.15, 0.2) is 30.8 Å². The van der Waals surface area contributed by atoms with Crippen molar-refractivity contribution in [3.05, 3.63) is 40.6 Å². The van der Waals surface area contributed by atoms with Crippen molar-refractivity contribution in [2.75, 3.05) is 28.3 Å². The van der Waals surface area contributed by atoms with Crippen LogP contribution in [-0.4, -0.2) is 44.3 Å². The Balaban J connectivity index is 2.20. The molecule has 2 aromatic rings. The summed E-state index contributed by atoms with van der Waals surface area (Å²) in [7, 11) is 6.47. The number of thiophene rings is 2. The van der Waals surface area contributed by atoms with E-state index in [0.717, 1.165) is 20.3 Å². The SMILES string of the molecule is C=C(c1ccc(-c2ccc(C(=O)N(C)OC)s2)s1)N(C)OC. The summed E-state index contributed by atoms with van der Waals surface area (Å²) in [6.45, 7) is 4.01. The number of rotatable bonds is 6. The van der Waals surface area contributed by atoms with Crippen molar-refractivity contribution < 1.29 is 14.5 Å². The largest absolute Gasteiger partial charge is 0.287 e. The first-order chi connectivity index (χ1) is 10.5. The summed E-state index contributed by atoms with van der Waals surface area (Å²) in [5.74, 6) is -0.154. The van der Waals surface area contributed by atoms with Crippen LogP contribution >= 0.6 is 22.7 Å². The molecule has 0 spiro atoms. The Morgan fingerprint density at radius 3 is 2.00 bits per heavy atom. The van der Waals surface area contributed by atoms with Crippen molar-refractivity contribution in [1.29, 1.82) is 0 Å². The first-order valence-electron chi connectivity index (χ1n) is 6.47. The minimum absolute atomic E-state index is 0.154. The van der Waals surface area contributed by atoms with Gasteiger partial charge in [0.05, 0.1) is 29.7 Å². The molecule has 5 nitrogen and oxygen atoms in total. The van der Waals surface area contributed by atoms with Crippen molar-refractivity contribution in [1.82, 2.24) is 10.1 Å². The topological polar surface area (TPSA) is 42.0 Å². The van der Waals surface area contributed by atoms with E-state index in [9.17, 15) is 4.79 Å². The zero-order valence-corrected chi connectivity index (χ0v) is 14.6. The highest BCUT2D eigenvalue weighted by Gasteiger charge is 2.16. The van der Waals surface area contributed by atoms with E-state index in [1.807, 2.05) is 31.3 Å². The Kier molecular flexibility index (Phi) is 5.36. The number of amides is 1. The minimum atomic E-state index is -0.154. The molecule has 0 aliphatic rings. The number of carbonyl (C=O) groups excluding carboxylic acids is 1. The summed E-state index contributed by atoms with van der Waals surface area (Å²) in [5, 5.41) is 2.83. The Bertz CT molecular complexity index is 620. The van der Waals surface area contributed by atoms with Crippen molar-refractivity contribution in [3.8, 4) is 9.75 Å². The van der Waals surface area contributed by atoms with Crippen LogP contribution in [0, 0.1) is 0 Å². The van der Waals surface area contributed by atoms with Gasteiger partial charge in [-0.1, -0.05) is 6.58 Å². The van der Waals surface area contributed by atoms with Gasteiger partial charge in [-0.05, 0) is 24.3 Å². The lowest BCUT2D eigenvalue weighted by atomic mass is 10.3. The number of carbonyl (C=O) groups is 1. The lowest BCUT2D eigenvalue weighted by Gasteiger charge is -2.16. The number of hydrogen-bond donors (Lipinski definition) is 0. The highest BCUT2D eigenvalue weighted by atomic mass is 32.1. The van der Waals surface area contributed by atoms with Crippen LogP contribution in [-0.2, 0) is 9.68 Å². The molecule has 0 bridgehead atoms. The van der Waals surface area contributed by atoms with Gasteiger partial charge in [0.25, 0.3) is 5.91 Å². The van der Waals surface area contributed by atoms with Crippen LogP contribution in [0.3, 0.4) is 0 Å². The van der Waals surface area contributed by atoms with Crippen molar-refractivity contribution >= 4 is 34.3 Å². The maximum absolute atomic E-state index is 12.0. The normalized spacial score (nSPS) is 10.5. The first-order valence-corrected chi connectivity index (χ1v) is 8.10. The molecule has 0 unspecified atom stereocenters. The fourth-order valence-electron chi connectivity index (χ4n) is 1.71. The lowest BCUT2D eigenvalue weighted by Crippen LogP contribution is -2.24. The van der Waals surface area contributed by atoms with Gasteiger partial charge in [-0.25, -0.2) is 5.06 Å². The molecule has 0 radical (unpaired) electrons. The molecule has 0 fully saturated rings. The van der Waals surface area contributed by atoms with Crippen molar-refractivity contribution in [2.45, 2.75) is 0 Å².